The highest BCUT2D eigenvalue weighted by molar-refractivity contribution is 7.99. The fraction of sp³-hybridized carbons (Fsp3) is 0.510. The molecule has 0 radical (unpaired) electrons. The first-order chi connectivity index (χ1) is 31.9. The van der Waals surface area contributed by atoms with E-state index in [1.807, 2.05) is 61.9 Å². The van der Waals surface area contributed by atoms with Gasteiger partial charge >= 0.3 is 0 Å². The number of piperidine rings is 2. The SMILES string of the molecule is CN(Cc1ccc2c(c1)CN(C1CCC(=O)NC1=O)C2=O)Cc1ccc(N2CCC3(CN(CCCCCCC(=O)Nc4cccc(Sc5cnc(N6CCC(C)(N)CC6)cn5)c4)C3)C2)nn1. The molecule has 4 aromatic rings. The number of aromatic nitrogens is 4. The Morgan fingerprint density at radius 2 is 1.71 bits per heavy atom. The third-order valence-corrected chi connectivity index (χ3v) is 14.8. The van der Waals surface area contributed by atoms with Crippen LogP contribution >= 0.6 is 11.8 Å². The van der Waals surface area contributed by atoms with Crippen molar-refractivity contribution >= 4 is 52.7 Å². The van der Waals surface area contributed by atoms with Crippen molar-refractivity contribution in [2.24, 2.45) is 11.1 Å². The van der Waals surface area contributed by atoms with E-state index in [1.54, 1.807) is 4.90 Å². The zero-order valence-electron chi connectivity index (χ0n) is 38.2. The normalized spacial score (nSPS) is 20.2. The molecule has 1 unspecified atom stereocenters. The van der Waals surface area contributed by atoms with Gasteiger partial charge < -0.3 is 30.7 Å². The van der Waals surface area contributed by atoms with E-state index in [0.29, 0.717) is 43.5 Å². The van der Waals surface area contributed by atoms with Crippen molar-refractivity contribution in [2.45, 2.75) is 112 Å². The van der Waals surface area contributed by atoms with E-state index in [2.05, 4.69) is 69.5 Å². The van der Waals surface area contributed by atoms with Gasteiger partial charge in [0.05, 0.1) is 18.1 Å². The zero-order chi connectivity index (χ0) is 45.8. The van der Waals surface area contributed by atoms with Gasteiger partial charge in [0, 0.05) is 98.8 Å². The minimum Gasteiger partial charge on any atom is -0.355 e. The van der Waals surface area contributed by atoms with E-state index >= 15 is 0 Å². The van der Waals surface area contributed by atoms with E-state index in [1.165, 1.54) is 18.2 Å². The highest BCUT2D eigenvalue weighted by Crippen LogP contribution is 2.41. The summed E-state index contributed by atoms with van der Waals surface area (Å²) in [4.78, 5) is 71.2. The first-order valence-electron chi connectivity index (χ1n) is 23.5. The molecule has 0 aliphatic carbocycles. The highest BCUT2D eigenvalue weighted by Gasteiger charge is 2.47. The number of unbranched alkanes of at least 4 members (excludes halogenated alkanes) is 3. The fourth-order valence-electron chi connectivity index (χ4n) is 10.2. The summed E-state index contributed by atoms with van der Waals surface area (Å²) >= 11 is 1.54. The van der Waals surface area contributed by atoms with Gasteiger partial charge in [-0.2, -0.15) is 5.10 Å². The lowest BCUT2D eigenvalue weighted by Crippen LogP contribution is -2.57. The van der Waals surface area contributed by atoms with Gasteiger partial charge in [-0.05, 0) is 107 Å². The van der Waals surface area contributed by atoms with Gasteiger partial charge in [-0.1, -0.05) is 42.8 Å². The molecule has 4 saturated heterocycles. The highest BCUT2D eigenvalue weighted by atomic mass is 32.2. The average Bonchev–Trinajstić information content (AvgIpc) is 3.87. The molecule has 5 aliphatic heterocycles. The number of anilines is 3. The smallest absolute Gasteiger partial charge is 0.255 e. The molecule has 4 N–H and O–H groups in total. The summed E-state index contributed by atoms with van der Waals surface area (Å²) in [6.45, 7) is 10.9. The molecule has 16 nitrogen and oxygen atoms in total. The lowest BCUT2D eigenvalue weighted by Gasteiger charge is -2.48. The number of amides is 4. The average molecular weight is 915 g/mol. The molecule has 0 bridgehead atoms. The summed E-state index contributed by atoms with van der Waals surface area (Å²) in [7, 11) is 2.04. The van der Waals surface area contributed by atoms with Gasteiger partial charge in [0.1, 0.15) is 16.9 Å². The standard InChI is InChI=1S/C49H62N12O4S/c1-48(50)17-21-59(22-18-48)42-26-52-45(27-51-42)66-38-9-7-8-36(25-38)53-43(62)10-5-3-4-6-20-58-31-49(32-58)19-23-60(33-49)41-15-12-37(55-56-41)30-57(2)28-34-11-13-39-35(24-34)29-61(47(39)65)40-14-16-44(63)54-46(40)64/h7-9,11-13,15,24-27,40H,3-6,10,14,16-23,28-33,50H2,1-2H3,(H,53,62)(H,54,63,64). The fourth-order valence-corrected chi connectivity index (χ4v) is 10.9. The molecule has 348 valence electrons. The number of rotatable bonds is 17. The zero-order valence-corrected chi connectivity index (χ0v) is 39.0. The van der Waals surface area contributed by atoms with Crippen LogP contribution < -0.4 is 26.2 Å². The van der Waals surface area contributed by atoms with Crippen LogP contribution in [-0.2, 0) is 34.0 Å². The van der Waals surface area contributed by atoms with Crippen LogP contribution in [0.2, 0.25) is 0 Å². The quantitative estimate of drug-likeness (QED) is 0.0924. The van der Waals surface area contributed by atoms with Gasteiger partial charge in [0.25, 0.3) is 5.91 Å². The van der Waals surface area contributed by atoms with Crippen molar-refractivity contribution in [1.29, 1.82) is 0 Å². The third kappa shape index (κ3) is 11.0. The van der Waals surface area contributed by atoms with Crippen LogP contribution in [0.4, 0.5) is 17.3 Å². The molecule has 66 heavy (non-hydrogen) atoms. The van der Waals surface area contributed by atoms with Crippen LogP contribution in [0.1, 0.15) is 98.3 Å². The van der Waals surface area contributed by atoms with Crippen molar-refractivity contribution in [3.8, 4) is 0 Å². The van der Waals surface area contributed by atoms with E-state index in [4.69, 9.17) is 5.73 Å². The number of fused-ring (bicyclic) bond motifs is 1. The second-order valence-corrected chi connectivity index (χ2v) is 20.6. The summed E-state index contributed by atoms with van der Waals surface area (Å²) in [5.41, 5.74) is 10.8. The lowest BCUT2D eigenvalue weighted by molar-refractivity contribution is -0.137. The topological polar surface area (TPSA) is 186 Å². The summed E-state index contributed by atoms with van der Waals surface area (Å²) in [5.74, 6) is 1.02. The molecule has 0 saturated carbocycles. The molecule has 1 atom stereocenters. The first-order valence-corrected chi connectivity index (χ1v) is 24.4. The minimum atomic E-state index is -0.615. The predicted molar refractivity (Wildman–Crippen MR) is 254 cm³/mol. The number of benzene rings is 2. The molecule has 4 amide bonds. The van der Waals surface area contributed by atoms with Crippen LogP contribution in [0.15, 0.2) is 76.9 Å². The van der Waals surface area contributed by atoms with E-state index in [9.17, 15) is 19.2 Å². The molecule has 5 aliphatic rings. The Morgan fingerprint density at radius 1 is 0.894 bits per heavy atom. The van der Waals surface area contributed by atoms with E-state index in [0.717, 1.165) is 128 Å². The van der Waals surface area contributed by atoms with Gasteiger partial charge in [0.15, 0.2) is 5.82 Å². The Kier molecular flexibility index (Phi) is 13.7. The Labute approximate surface area is 391 Å². The summed E-state index contributed by atoms with van der Waals surface area (Å²) in [5, 5.41) is 15.5. The van der Waals surface area contributed by atoms with Crippen molar-refractivity contribution in [2.75, 3.05) is 68.0 Å². The monoisotopic (exact) mass is 914 g/mol. The molecule has 17 heteroatoms. The molecule has 4 fully saturated rings. The number of carbonyl (C=O) groups excluding carboxylic acids is 4. The predicted octanol–water partition coefficient (Wildman–Crippen LogP) is 5.23. The Hall–Kier alpha value is -5.49. The van der Waals surface area contributed by atoms with Gasteiger partial charge in [0.2, 0.25) is 17.7 Å². The van der Waals surface area contributed by atoms with Crippen LogP contribution in [0.5, 0.6) is 0 Å². The van der Waals surface area contributed by atoms with Crippen LogP contribution in [0.3, 0.4) is 0 Å². The van der Waals surface area contributed by atoms with E-state index in [-0.39, 0.29) is 29.7 Å². The summed E-state index contributed by atoms with van der Waals surface area (Å²) < 4.78 is 0. The Morgan fingerprint density at radius 3 is 2.48 bits per heavy atom. The van der Waals surface area contributed by atoms with Gasteiger partial charge in [-0.25, -0.2) is 9.97 Å². The molecule has 7 heterocycles. The number of carbonyl (C=O) groups is 4. The van der Waals surface area contributed by atoms with Crippen molar-refractivity contribution < 1.29 is 19.2 Å². The maximum Gasteiger partial charge on any atom is 0.255 e. The lowest BCUT2D eigenvalue weighted by atomic mass is 9.79. The minimum absolute atomic E-state index is 0.0497. The molecule has 9 rings (SSSR count). The second kappa shape index (κ2) is 19.8. The third-order valence-electron chi connectivity index (χ3n) is 13.9. The van der Waals surface area contributed by atoms with Crippen molar-refractivity contribution in [1.82, 2.24) is 40.2 Å². The maximum absolute atomic E-state index is 13.1. The molecule has 2 aromatic carbocycles. The molecular weight excluding hydrogens is 853 g/mol. The molecule has 2 aromatic heterocycles. The molecular formula is C49H62N12O4S. The number of hydrogen-bond acceptors (Lipinski definition) is 14. The summed E-state index contributed by atoms with van der Waals surface area (Å²) in [6, 6.07) is 17.3. The van der Waals surface area contributed by atoms with Crippen LogP contribution in [0, 0.1) is 5.41 Å². The van der Waals surface area contributed by atoms with E-state index < -0.39 is 11.9 Å². The largest absolute Gasteiger partial charge is 0.355 e. The number of hydrogen-bond donors (Lipinski definition) is 3. The summed E-state index contributed by atoms with van der Waals surface area (Å²) in [6.07, 6.45) is 12.0. The number of likely N-dealkylation sites (tertiary alicyclic amines) is 1. The Balaban J connectivity index is 0.634. The number of nitrogens with zero attached hydrogens (tertiary/aromatic N) is 9. The van der Waals surface area contributed by atoms with Gasteiger partial charge in [-0.15, -0.1) is 5.10 Å². The van der Waals surface area contributed by atoms with Crippen LogP contribution in [0.25, 0.3) is 0 Å². The van der Waals surface area contributed by atoms with Gasteiger partial charge in [-0.3, -0.25) is 29.4 Å². The van der Waals surface area contributed by atoms with Crippen molar-refractivity contribution in [3.63, 3.8) is 0 Å². The maximum atomic E-state index is 13.1. The number of nitrogens with one attached hydrogen (secondary N) is 2. The molecule has 1 spiro atoms. The Bertz CT molecular complexity index is 2400. The number of nitrogens with two attached hydrogens (primary N) is 1. The first kappa shape index (κ1) is 45.7. The van der Waals surface area contributed by atoms with Crippen LogP contribution in [-0.4, -0.2) is 123 Å². The van der Waals surface area contributed by atoms with Crippen molar-refractivity contribution in [3.05, 3.63) is 89.4 Å². The second-order valence-electron chi connectivity index (χ2n) is 19.5. The number of imide groups is 1.